The predicted molar refractivity (Wildman–Crippen MR) is 75.9 cm³/mol. The van der Waals surface area contributed by atoms with Gasteiger partial charge in [0.25, 0.3) is 0 Å². The van der Waals surface area contributed by atoms with Gasteiger partial charge in [-0.15, -0.1) is 0 Å². The van der Waals surface area contributed by atoms with Gasteiger partial charge in [-0.25, -0.2) is 0 Å². The number of anilines is 1. The summed E-state index contributed by atoms with van der Waals surface area (Å²) < 4.78 is 0. The minimum absolute atomic E-state index is 0.674. The van der Waals surface area contributed by atoms with E-state index in [1.165, 1.54) is 67.5 Å². The first-order valence-corrected chi connectivity index (χ1v) is 7.55. The van der Waals surface area contributed by atoms with E-state index in [2.05, 4.69) is 6.92 Å². The van der Waals surface area contributed by atoms with E-state index >= 15 is 0 Å². The largest absolute Gasteiger partial charge is 0.398 e. The molecule has 0 bridgehead atoms. The van der Waals surface area contributed by atoms with E-state index in [0.717, 1.165) is 18.5 Å². The molecule has 0 atom stereocenters. The summed E-state index contributed by atoms with van der Waals surface area (Å²) in [6.07, 6.45) is 11.6. The molecule has 1 heterocycles. The zero-order chi connectivity index (χ0) is 12.5. The Hall–Kier alpha value is -1.05. The quantitative estimate of drug-likeness (QED) is 0.813. The lowest BCUT2D eigenvalue weighted by Crippen LogP contribution is -2.16. The summed E-state index contributed by atoms with van der Waals surface area (Å²) in [5.74, 6) is 0.674. The third-order valence-corrected chi connectivity index (χ3v) is 4.80. The van der Waals surface area contributed by atoms with E-state index in [1.807, 2.05) is 0 Å². The zero-order valence-electron chi connectivity index (χ0n) is 11.5. The van der Waals surface area contributed by atoms with Crippen molar-refractivity contribution in [2.75, 3.05) is 5.73 Å². The molecule has 0 radical (unpaired) electrons. The van der Waals surface area contributed by atoms with Gasteiger partial charge in [0.2, 0.25) is 0 Å². The summed E-state index contributed by atoms with van der Waals surface area (Å²) in [5, 5.41) is 0. The van der Waals surface area contributed by atoms with Crippen molar-refractivity contribution >= 4 is 5.69 Å². The molecular weight excluding hydrogens is 220 g/mol. The molecule has 2 nitrogen and oxygen atoms in total. The van der Waals surface area contributed by atoms with Crippen LogP contribution in [0.3, 0.4) is 0 Å². The summed E-state index contributed by atoms with van der Waals surface area (Å²) in [4.78, 5) is 5.02. The van der Waals surface area contributed by atoms with Gasteiger partial charge in [-0.05, 0) is 56.6 Å². The van der Waals surface area contributed by atoms with E-state index in [-0.39, 0.29) is 0 Å². The standard InChI is InChI=1S/C16H24N2/c1-11-15(17)13-9-5-6-10-14(13)18-16(11)12-7-3-2-4-8-12/h12H,2-10H2,1H3,(H2,17,18). The Labute approximate surface area is 110 Å². The van der Waals surface area contributed by atoms with Crippen LogP contribution in [0.2, 0.25) is 0 Å². The number of pyridine rings is 1. The van der Waals surface area contributed by atoms with Crippen LogP contribution >= 0.6 is 0 Å². The normalized spacial score (nSPS) is 20.7. The molecule has 1 fully saturated rings. The van der Waals surface area contributed by atoms with Gasteiger partial charge >= 0.3 is 0 Å². The smallest absolute Gasteiger partial charge is 0.0487 e. The van der Waals surface area contributed by atoms with Crippen molar-refractivity contribution in [3.8, 4) is 0 Å². The molecular formula is C16H24N2. The van der Waals surface area contributed by atoms with E-state index < -0.39 is 0 Å². The third-order valence-electron chi connectivity index (χ3n) is 4.80. The lowest BCUT2D eigenvalue weighted by atomic mass is 9.83. The maximum Gasteiger partial charge on any atom is 0.0487 e. The average molecular weight is 244 g/mol. The van der Waals surface area contributed by atoms with Crippen LogP contribution < -0.4 is 5.73 Å². The van der Waals surface area contributed by atoms with Crippen LogP contribution in [0.4, 0.5) is 5.69 Å². The molecule has 2 aliphatic rings. The number of hydrogen-bond donors (Lipinski definition) is 1. The van der Waals surface area contributed by atoms with Gasteiger partial charge in [0.15, 0.2) is 0 Å². The Morgan fingerprint density at radius 3 is 2.50 bits per heavy atom. The summed E-state index contributed by atoms with van der Waals surface area (Å²) in [6, 6.07) is 0. The van der Waals surface area contributed by atoms with Crippen LogP contribution in [-0.2, 0) is 12.8 Å². The van der Waals surface area contributed by atoms with Crippen molar-refractivity contribution in [2.45, 2.75) is 70.6 Å². The highest BCUT2D eigenvalue weighted by molar-refractivity contribution is 5.58. The monoisotopic (exact) mass is 244 g/mol. The summed E-state index contributed by atoms with van der Waals surface area (Å²) in [6.45, 7) is 2.18. The molecule has 0 spiro atoms. The van der Waals surface area contributed by atoms with Crippen LogP contribution in [0.1, 0.15) is 73.4 Å². The molecule has 0 amide bonds. The molecule has 1 aromatic rings. The second-order valence-electron chi connectivity index (χ2n) is 6.00. The number of nitrogens with two attached hydrogens (primary N) is 1. The number of hydrogen-bond acceptors (Lipinski definition) is 2. The predicted octanol–water partition coefficient (Wildman–Crippen LogP) is 3.90. The molecule has 18 heavy (non-hydrogen) atoms. The Morgan fingerprint density at radius 2 is 1.72 bits per heavy atom. The van der Waals surface area contributed by atoms with Crippen molar-refractivity contribution in [3.63, 3.8) is 0 Å². The molecule has 98 valence electrons. The number of aromatic nitrogens is 1. The molecule has 1 saturated carbocycles. The molecule has 0 saturated heterocycles. The molecule has 2 heteroatoms. The van der Waals surface area contributed by atoms with Crippen LogP contribution in [0.15, 0.2) is 0 Å². The van der Waals surface area contributed by atoms with Crippen molar-refractivity contribution in [1.82, 2.24) is 4.98 Å². The fraction of sp³-hybridized carbons (Fsp3) is 0.688. The SMILES string of the molecule is Cc1c(C2CCCCC2)nc2c(c1N)CCCC2. The lowest BCUT2D eigenvalue weighted by molar-refractivity contribution is 0.434. The third kappa shape index (κ3) is 2.02. The van der Waals surface area contributed by atoms with E-state index in [1.54, 1.807) is 0 Å². The first kappa shape index (κ1) is 12.0. The molecule has 0 aromatic carbocycles. The van der Waals surface area contributed by atoms with Crippen molar-refractivity contribution < 1.29 is 0 Å². The Balaban J connectivity index is 2.01. The van der Waals surface area contributed by atoms with Gasteiger partial charge in [0.05, 0.1) is 0 Å². The maximum atomic E-state index is 6.37. The second kappa shape index (κ2) is 4.91. The minimum atomic E-state index is 0.674. The van der Waals surface area contributed by atoms with Crippen LogP contribution in [0.5, 0.6) is 0 Å². The first-order valence-electron chi connectivity index (χ1n) is 7.55. The van der Waals surface area contributed by atoms with Crippen molar-refractivity contribution in [3.05, 3.63) is 22.5 Å². The fourth-order valence-corrected chi connectivity index (χ4v) is 3.67. The van der Waals surface area contributed by atoms with Crippen molar-refractivity contribution in [2.24, 2.45) is 0 Å². The first-order chi connectivity index (χ1) is 8.77. The van der Waals surface area contributed by atoms with Crippen molar-refractivity contribution in [1.29, 1.82) is 0 Å². The lowest BCUT2D eigenvalue weighted by Gasteiger charge is -2.27. The van der Waals surface area contributed by atoms with Gasteiger partial charge in [0, 0.05) is 23.0 Å². The minimum Gasteiger partial charge on any atom is -0.398 e. The Kier molecular flexibility index (Phi) is 3.27. The molecule has 0 unspecified atom stereocenters. The molecule has 3 rings (SSSR count). The van der Waals surface area contributed by atoms with E-state index in [4.69, 9.17) is 10.7 Å². The highest BCUT2D eigenvalue weighted by Crippen LogP contribution is 2.37. The molecule has 1 aromatic heterocycles. The van der Waals surface area contributed by atoms with Gasteiger partial charge in [0.1, 0.15) is 0 Å². The summed E-state index contributed by atoms with van der Waals surface area (Å²) in [5.41, 5.74) is 12.7. The molecule has 2 aliphatic carbocycles. The van der Waals surface area contributed by atoms with Crippen LogP contribution in [0.25, 0.3) is 0 Å². The summed E-state index contributed by atoms with van der Waals surface area (Å²) >= 11 is 0. The van der Waals surface area contributed by atoms with E-state index in [9.17, 15) is 0 Å². The van der Waals surface area contributed by atoms with Gasteiger partial charge in [-0.3, -0.25) is 4.98 Å². The van der Waals surface area contributed by atoms with Gasteiger partial charge in [-0.1, -0.05) is 19.3 Å². The summed E-state index contributed by atoms with van der Waals surface area (Å²) in [7, 11) is 0. The van der Waals surface area contributed by atoms with Crippen LogP contribution in [0, 0.1) is 6.92 Å². The van der Waals surface area contributed by atoms with Gasteiger partial charge < -0.3 is 5.73 Å². The highest BCUT2D eigenvalue weighted by atomic mass is 14.8. The highest BCUT2D eigenvalue weighted by Gasteiger charge is 2.23. The van der Waals surface area contributed by atoms with E-state index in [0.29, 0.717) is 5.92 Å². The number of fused-ring (bicyclic) bond motifs is 1. The zero-order valence-corrected chi connectivity index (χ0v) is 11.5. The fourth-order valence-electron chi connectivity index (χ4n) is 3.67. The van der Waals surface area contributed by atoms with Crippen LogP contribution in [-0.4, -0.2) is 4.98 Å². The number of rotatable bonds is 1. The molecule has 0 aliphatic heterocycles. The number of nitrogen functional groups attached to an aromatic ring is 1. The van der Waals surface area contributed by atoms with Gasteiger partial charge in [-0.2, -0.15) is 0 Å². The molecule has 2 N–H and O–H groups in total. The number of nitrogens with zero attached hydrogens (tertiary/aromatic N) is 1. The Bertz CT molecular complexity index is 445. The second-order valence-corrected chi connectivity index (χ2v) is 6.00. The number of aryl methyl sites for hydroxylation is 1. The average Bonchev–Trinajstić information content (AvgIpc) is 2.44. The topological polar surface area (TPSA) is 38.9 Å². The Morgan fingerprint density at radius 1 is 1.00 bits per heavy atom. The maximum absolute atomic E-state index is 6.37.